The Morgan fingerprint density at radius 2 is 1.52 bits per heavy atom. The highest BCUT2D eigenvalue weighted by atomic mass is 19.2. The van der Waals surface area contributed by atoms with Gasteiger partial charge in [0.25, 0.3) is 5.91 Å². The molecule has 3 aliphatic heterocycles. The molecule has 0 spiro atoms. The van der Waals surface area contributed by atoms with Gasteiger partial charge in [-0.05, 0) is 87.2 Å². The van der Waals surface area contributed by atoms with E-state index < -0.39 is 11.6 Å². The Kier molecular flexibility index (Phi) is 6.63. The smallest absolute Gasteiger partial charge is 0.253 e. The van der Waals surface area contributed by atoms with Crippen LogP contribution in [-0.2, 0) is 0 Å². The van der Waals surface area contributed by atoms with Crippen LogP contribution in [0.1, 0.15) is 60.4 Å². The zero-order valence-electron chi connectivity index (χ0n) is 19.2. The van der Waals surface area contributed by atoms with E-state index in [0.717, 1.165) is 31.1 Å². The number of piperidine rings is 2. The van der Waals surface area contributed by atoms with Crippen LogP contribution in [0.3, 0.4) is 0 Å². The highest BCUT2D eigenvalue weighted by molar-refractivity contribution is 5.94. The summed E-state index contributed by atoms with van der Waals surface area (Å²) in [5.41, 5.74) is 2.63. The molecule has 1 amide bonds. The number of amides is 1. The quantitative estimate of drug-likeness (QED) is 0.648. The van der Waals surface area contributed by atoms with Crippen molar-refractivity contribution in [3.63, 3.8) is 0 Å². The Morgan fingerprint density at radius 3 is 2.21 bits per heavy atom. The Hall–Kier alpha value is -2.47. The molecule has 0 aliphatic carbocycles. The van der Waals surface area contributed by atoms with Gasteiger partial charge in [0.05, 0.1) is 0 Å². The number of carbonyl (C=O) groups excluding carboxylic acids is 1. The predicted octanol–water partition coefficient (Wildman–Crippen LogP) is 5.05. The summed E-state index contributed by atoms with van der Waals surface area (Å²) in [4.78, 5) is 20.0. The first-order valence-electron chi connectivity index (χ1n) is 12.4. The fourth-order valence-corrected chi connectivity index (χ4v) is 5.75. The lowest BCUT2D eigenvalue weighted by Gasteiger charge is -2.41. The lowest BCUT2D eigenvalue weighted by Crippen LogP contribution is -2.46. The third-order valence-electron chi connectivity index (χ3n) is 7.74. The number of likely N-dealkylation sites (tertiary alicyclic amines) is 2. The van der Waals surface area contributed by atoms with Gasteiger partial charge in [0.1, 0.15) is 0 Å². The number of anilines is 1. The molecule has 0 N–H and O–H groups in total. The molecule has 0 aromatic heterocycles. The molecule has 2 aromatic carbocycles. The van der Waals surface area contributed by atoms with Gasteiger partial charge in [-0.1, -0.05) is 12.5 Å². The second-order valence-corrected chi connectivity index (χ2v) is 9.77. The predicted molar refractivity (Wildman–Crippen MR) is 127 cm³/mol. The highest BCUT2D eigenvalue weighted by Crippen LogP contribution is 2.30. The third-order valence-corrected chi connectivity index (χ3v) is 7.74. The van der Waals surface area contributed by atoms with Crippen molar-refractivity contribution < 1.29 is 13.6 Å². The topological polar surface area (TPSA) is 26.8 Å². The minimum Gasteiger partial charge on any atom is -0.371 e. The normalized spacial score (nSPS) is 22.7. The van der Waals surface area contributed by atoms with E-state index >= 15 is 0 Å². The van der Waals surface area contributed by atoms with E-state index in [1.165, 1.54) is 63.0 Å². The molecular formula is C27H33F2N3O. The monoisotopic (exact) mass is 453 g/mol. The summed E-state index contributed by atoms with van der Waals surface area (Å²) in [5, 5.41) is 0. The Bertz CT molecular complexity index is 966. The maximum Gasteiger partial charge on any atom is 0.253 e. The molecule has 2 aromatic rings. The van der Waals surface area contributed by atoms with E-state index in [0.29, 0.717) is 18.7 Å². The van der Waals surface area contributed by atoms with E-state index in [9.17, 15) is 13.6 Å². The van der Waals surface area contributed by atoms with Crippen LogP contribution < -0.4 is 4.90 Å². The first-order valence-corrected chi connectivity index (χ1v) is 12.4. The van der Waals surface area contributed by atoms with Crippen molar-refractivity contribution in [2.45, 2.75) is 50.5 Å². The van der Waals surface area contributed by atoms with Gasteiger partial charge in [0, 0.05) is 49.4 Å². The molecule has 0 radical (unpaired) electrons. The number of halogens is 2. The lowest BCUT2D eigenvalue weighted by molar-refractivity contribution is 0.0791. The second kappa shape index (κ2) is 9.80. The number of nitrogens with zero attached hydrogens (tertiary/aromatic N) is 3. The zero-order valence-corrected chi connectivity index (χ0v) is 19.2. The minimum atomic E-state index is -0.833. The first-order chi connectivity index (χ1) is 16.1. The van der Waals surface area contributed by atoms with E-state index in [2.05, 4.69) is 21.9 Å². The molecule has 1 unspecified atom stereocenters. The van der Waals surface area contributed by atoms with Crippen LogP contribution in [0.5, 0.6) is 0 Å². The highest BCUT2D eigenvalue weighted by Gasteiger charge is 2.29. The Balaban J connectivity index is 1.16. The minimum absolute atomic E-state index is 0.00967. The van der Waals surface area contributed by atoms with E-state index in [1.807, 2.05) is 17.0 Å². The lowest BCUT2D eigenvalue weighted by atomic mass is 9.98. The van der Waals surface area contributed by atoms with Gasteiger partial charge < -0.3 is 14.7 Å². The van der Waals surface area contributed by atoms with Crippen molar-refractivity contribution in [2.24, 2.45) is 0 Å². The molecule has 3 fully saturated rings. The van der Waals surface area contributed by atoms with E-state index in [1.54, 1.807) is 6.07 Å². The van der Waals surface area contributed by atoms with Gasteiger partial charge in [-0.2, -0.15) is 0 Å². The molecule has 3 saturated heterocycles. The van der Waals surface area contributed by atoms with Crippen LogP contribution >= 0.6 is 0 Å². The van der Waals surface area contributed by atoms with Crippen molar-refractivity contribution in [1.82, 2.24) is 9.80 Å². The van der Waals surface area contributed by atoms with Crippen LogP contribution in [0.15, 0.2) is 42.5 Å². The largest absolute Gasteiger partial charge is 0.371 e. The number of rotatable bonds is 4. The average Bonchev–Trinajstić information content (AvgIpc) is 3.36. The zero-order chi connectivity index (χ0) is 22.8. The summed E-state index contributed by atoms with van der Waals surface area (Å²) >= 11 is 0. The molecule has 6 heteroatoms. The average molecular weight is 454 g/mol. The molecule has 1 atom stereocenters. The molecular weight excluding hydrogens is 420 g/mol. The van der Waals surface area contributed by atoms with E-state index in [4.69, 9.17) is 0 Å². The molecule has 5 rings (SSSR count). The third kappa shape index (κ3) is 4.91. The SMILES string of the molecule is O=C(c1ccc(N2CCC(N3CCCCC3)CC2)cc1)N1CCC(c2ccc(F)c(F)c2)C1. The number of hydrogen-bond donors (Lipinski definition) is 0. The summed E-state index contributed by atoms with van der Waals surface area (Å²) in [6.45, 7) is 5.82. The maximum atomic E-state index is 13.6. The maximum absolute atomic E-state index is 13.6. The summed E-state index contributed by atoms with van der Waals surface area (Å²) in [7, 11) is 0. The Morgan fingerprint density at radius 1 is 0.788 bits per heavy atom. The van der Waals surface area contributed by atoms with Gasteiger partial charge in [0.2, 0.25) is 0 Å². The van der Waals surface area contributed by atoms with Crippen molar-refractivity contribution in [3.05, 3.63) is 65.2 Å². The van der Waals surface area contributed by atoms with Crippen LogP contribution in [-0.4, -0.2) is 61.0 Å². The molecule has 0 bridgehead atoms. The van der Waals surface area contributed by atoms with Gasteiger partial charge in [-0.3, -0.25) is 4.79 Å². The summed E-state index contributed by atoms with van der Waals surface area (Å²) < 4.78 is 26.8. The molecule has 33 heavy (non-hydrogen) atoms. The van der Waals surface area contributed by atoms with Crippen molar-refractivity contribution in [3.8, 4) is 0 Å². The summed E-state index contributed by atoms with van der Waals surface area (Å²) in [6, 6.07) is 12.8. The van der Waals surface area contributed by atoms with Crippen LogP contribution in [0.2, 0.25) is 0 Å². The van der Waals surface area contributed by atoms with Crippen LogP contribution in [0, 0.1) is 11.6 Å². The molecule has 0 saturated carbocycles. The molecule has 3 aliphatic rings. The van der Waals surface area contributed by atoms with Gasteiger partial charge in [0.15, 0.2) is 11.6 Å². The first kappa shape index (κ1) is 22.3. The van der Waals surface area contributed by atoms with Crippen LogP contribution in [0.4, 0.5) is 14.5 Å². The molecule has 3 heterocycles. The van der Waals surface area contributed by atoms with Crippen LogP contribution in [0.25, 0.3) is 0 Å². The van der Waals surface area contributed by atoms with Gasteiger partial charge in [-0.25, -0.2) is 8.78 Å². The Labute approximate surface area is 195 Å². The standard InChI is InChI=1S/C27H33F2N3O/c28-25-9-6-21(18-26(25)29)22-10-15-32(19-22)27(33)20-4-7-23(8-5-20)31-16-11-24(12-17-31)30-13-2-1-3-14-30/h4-9,18,22,24H,1-3,10-17,19H2. The summed E-state index contributed by atoms with van der Waals surface area (Å²) in [6.07, 6.45) is 7.24. The number of benzene rings is 2. The van der Waals surface area contributed by atoms with Crippen molar-refractivity contribution in [1.29, 1.82) is 0 Å². The summed E-state index contributed by atoms with van der Waals surface area (Å²) in [5.74, 6) is -1.60. The fourth-order valence-electron chi connectivity index (χ4n) is 5.75. The molecule has 176 valence electrons. The second-order valence-electron chi connectivity index (χ2n) is 9.77. The number of hydrogen-bond acceptors (Lipinski definition) is 3. The van der Waals surface area contributed by atoms with Gasteiger partial charge >= 0.3 is 0 Å². The molecule has 4 nitrogen and oxygen atoms in total. The fraction of sp³-hybridized carbons (Fsp3) is 0.519. The number of carbonyl (C=O) groups is 1. The van der Waals surface area contributed by atoms with E-state index in [-0.39, 0.29) is 11.8 Å². The van der Waals surface area contributed by atoms with Crippen molar-refractivity contribution >= 4 is 11.6 Å². The van der Waals surface area contributed by atoms with Gasteiger partial charge in [-0.15, -0.1) is 0 Å². The van der Waals surface area contributed by atoms with Crippen molar-refractivity contribution in [2.75, 3.05) is 44.2 Å².